The van der Waals surface area contributed by atoms with Crippen LogP contribution in [0.25, 0.3) is 0 Å². The first-order valence-corrected chi connectivity index (χ1v) is 5.76. The highest BCUT2D eigenvalue weighted by atomic mass is 16.4. The first-order valence-electron chi connectivity index (χ1n) is 5.76. The highest BCUT2D eigenvalue weighted by Crippen LogP contribution is 2.29. The lowest BCUT2D eigenvalue weighted by Crippen LogP contribution is -2.26. The molecule has 0 saturated heterocycles. The van der Waals surface area contributed by atoms with Crippen molar-refractivity contribution < 1.29 is 14.3 Å². The largest absolute Gasteiger partial charge is 0.475 e. The molecule has 0 amide bonds. The third kappa shape index (κ3) is 2.44. The third-order valence-electron chi connectivity index (χ3n) is 2.89. The van der Waals surface area contributed by atoms with Crippen molar-refractivity contribution in [1.29, 1.82) is 0 Å². The van der Waals surface area contributed by atoms with E-state index >= 15 is 0 Å². The van der Waals surface area contributed by atoms with Crippen LogP contribution in [0.4, 0.5) is 0 Å². The van der Waals surface area contributed by atoms with E-state index in [1.165, 1.54) is 19.1 Å². The molecule has 2 rings (SSSR count). The minimum Gasteiger partial charge on any atom is -0.475 e. The number of hydrogen-bond donors (Lipinski definition) is 1. The van der Waals surface area contributed by atoms with Gasteiger partial charge in [0.2, 0.25) is 5.76 Å². The fourth-order valence-electron chi connectivity index (χ4n) is 1.98. The van der Waals surface area contributed by atoms with Crippen molar-refractivity contribution in [3.63, 3.8) is 0 Å². The van der Waals surface area contributed by atoms with Crippen LogP contribution in [0.1, 0.15) is 42.3 Å². The van der Waals surface area contributed by atoms with Crippen LogP contribution >= 0.6 is 0 Å². The number of carboxylic acids is 1. The van der Waals surface area contributed by atoms with Crippen LogP contribution in [-0.4, -0.2) is 28.6 Å². The molecular weight excluding hydrogens is 206 g/mol. The van der Waals surface area contributed by atoms with Crippen molar-refractivity contribution >= 4 is 5.97 Å². The van der Waals surface area contributed by atoms with Gasteiger partial charge in [0, 0.05) is 18.2 Å². The molecule has 16 heavy (non-hydrogen) atoms. The first kappa shape index (κ1) is 11.2. The molecule has 0 radical (unpaired) electrons. The summed E-state index contributed by atoms with van der Waals surface area (Å²) in [5, 5.41) is 8.94. The Balaban J connectivity index is 2.05. The molecule has 88 valence electrons. The van der Waals surface area contributed by atoms with Gasteiger partial charge in [-0.05, 0) is 31.9 Å². The van der Waals surface area contributed by atoms with E-state index in [0.29, 0.717) is 12.6 Å². The topological polar surface area (TPSA) is 53.7 Å². The monoisotopic (exact) mass is 223 g/mol. The molecule has 0 spiro atoms. The number of furan rings is 1. The summed E-state index contributed by atoms with van der Waals surface area (Å²) in [5.41, 5.74) is 0.785. The Morgan fingerprint density at radius 2 is 2.38 bits per heavy atom. The third-order valence-corrected chi connectivity index (χ3v) is 2.89. The zero-order valence-corrected chi connectivity index (χ0v) is 9.48. The maximum atomic E-state index is 10.9. The summed E-state index contributed by atoms with van der Waals surface area (Å²) >= 11 is 0. The summed E-state index contributed by atoms with van der Waals surface area (Å²) in [4.78, 5) is 13.2. The van der Waals surface area contributed by atoms with E-state index in [9.17, 15) is 4.79 Å². The van der Waals surface area contributed by atoms with Gasteiger partial charge < -0.3 is 9.52 Å². The van der Waals surface area contributed by atoms with Crippen LogP contribution < -0.4 is 0 Å². The zero-order valence-electron chi connectivity index (χ0n) is 9.48. The van der Waals surface area contributed by atoms with Crippen molar-refractivity contribution in [2.45, 2.75) is 38.8 Å². The minimum atomic E-state index is -0.979. The SMILES string of the molecule is CCCN(Cc1ccoc1C(=O)O)C1CC1. The van der Waals surface area contributed by atoms with Crippen LogP contribution in [0.2, 0.25) is 0 Å². The first-order chi connectivity index (χ1) is 7.72. The van der Waals surface area contributed by atoms with E-state index in [4.69, 9.17) is 9.52 Å². The van der Waals surface area contributed by atoms with Gasteiger partial charge in [-0.2, -0.15) is 0 Å². The average Bonchev–Trinajstić information content (AvgIpc) is 2.98. The van der Waals surface area contributed by atoms with Gasteiger partial charge in [-0.1, -0.05) is 6.92 Å². The van der Waals surface area contributed by atoms with E-state index in [1.807, 2.05) is 0 Å². The second-order valence-corrected chi connectivity index (χ2v) is 4.28. The molecule has 1 fully saturated rings. The van der Waals surface area contributed by atoms with Crippen LogP contribution in [0.5, 0.6) is 0 Å². The van der Waals surface area contributed by atoms with E-state index in [2.05, 4.69) is 11.8 Å². The molecule has 4 heteroatoms. The maximum Gasteiger partial charge on any atom is 0.372 e. The number of nitrogens with zero attached hydrogens (tertiary/aromatic N) is 1. The Labute approximate surface area is 94.9 Å². The molecule has 0 bridgehead atoms. The molecule has 1 heterocycles. The van der Waals surface area contributed by atoms with E-state index in [0.717, 1.165) is 18.5 Å². The van der Waals surface area contributed by atoms with Gasteiger partial charge in [-0.3, -0.25) is 4.90 Å². The van der Waals surface area contributed by atoms with Crippen LogP contribution in [-0.2, 0) is 6.54 Å². The predicted octanol–water partition coefficient (Wildman–Crippen LogP) is 2.35. The fourth-order valence-corrected chi connectivity index (χ4v) is 1.98. The average molecular weight is 223 g/mol. The second kappa shape index (κ2) is 4.70. The molecule has 1 aliphatic rings. The van der Waals surface area contributed by atoms with Gasteiger partial charge in [-0.25, -0.2) is 4.79 Å². The number of aromatic carboxylic acids is 1. The van der Waals surface area contributed by atoms with Crippen LogP contribution in [0.3, 0.4) is 0 Å². The fraction of sp³-hybridized carbons (Fsp3) is 0.583. The predicted molar refractivity (Wildman–Crippen MR) is 59.4 cm³/mol. The van der Waals surface area contributed by atoms with Gasteiger partial charge >= 0.3 is 5.97 Å². The highest BCUT2D eigenvalue weighted by Gasteiger charge is 2.29. The van der Waals surface area contributed by atoms with Gasteiger partial charge in [-0.15, -0.1) is 0 Å². The quantitative estimate of drug-likeness (QED) is 0.804. The van der Waals surface area contributed by atoms with Crippen LogP contribution in [0, 0.1) is 0 Å². The van der Waals surface area contributed by atoms with Crippen molar-refractivity contribution in [2.75, 3.05) is 6.54 Å². The molecule has 0 unspecified atom stereocenters. The van der Waals surface area contributed by atoms with Crippen molar-refractivity contribution in [3.05, 3.63) is 23.7 Å². The molecule has 1 aromatic rings. The summed E-state index contributed by atoms with van der Waals surface area (Å²) in [7, 11) is 0. The number of carboxylic acid groups (broad SMARTS) is 1. The van der Waals surface area contributed by atoms with Gasteiger partial charge in [0.1, 0.15) is 0 Å². The summed E-state index contributed by atoms with van der Waals surface area (Å²) < 4.78 is 4.98. The lowest BCUT2D eigenvalue weighted by molar-refractivity contribution is 0.0659. The molecule has 1 saturated carbocycles. The lowest BCUT2D eigenvalue weighted by atomic mass is 10.2. The van der Waals surface area contributed by atoms with Crippen molar-refractivity contribution in [3.8, 4) is 0 Å². The standard InChI is InChI=1S/C12H17NO3/c1-2-6-13(10-3-4-10)8-9-5-7-16-11(9)12(14)15/h5,7,10H,2-4,6,8H2,1H3,(H,14,15). The Hall–Kier alpha value is -1.29. The minimum absolute atomic E-state index is 0.0850. The number of rotatable bonds is 6. The van der Waals surface area contributed by atoms with Gasteiger partial charge in [0.25, 0.3) is 0 Å². The van der Waals surface area contributed by atoms with Gasteiger partial charge in [0.15, 0.2) is 0 Å². The molecular formula is C12H17NO3. The van der Waals surface area contributed by atoms with Crippen molar-refractivity contribution in [2.24, 2.45) is 0 Å². The summed E-state index contributed by atoms with van der Waals surface area (Å²) in [6.07, 6.45) is 5.02. The van der Waals surface area contributed by atoms with Gasteiger partial charge in [0.05, 0.1) is 6.26 Å². The zero-order chi connectivity index (χ0) is 11.5. The Kier molecular flexibility index (Phi) is 3.29. The maximum absolute atomic E-state index is 10.9. The Morgan fingerprint density at radius 1 is 1.62 bits per heavy atom. The summed E-state index contributed by atoms with van der Waals surface area (Å²) in [6, 6.07) is 2.41. The normalized spacial score (nSPS) is 15.6. The molecule has 0 aliphatic heterocycles. The van der Waals surface area contributed by atoms with E-state index in [1.54, 1.807) is 6.07 Å². The number of hydrogen-bond acceptors (Lipinski definition) is 3. The number of carbonyl (C=O) groups is 1. The summed E-state index contributed by atoms with van der Waals surface area (Å²) in [6.45, 7) is 3.86. The smallest absolute Gasteiger partial charge is 0.372 e. The molecule has 1 aromatic heterocycles. The highest BCUT2D eigenvalue weighted by molar-refractivity contribution is 5.86. The molecule has 4 nitrogen and oxygen atoms in total. The van der Waals surface area contributed by atoms with Crippen molar-refractivity contribution in [1.82, 2.24) is 4.90 Å². The Morgan fingerprint density at radius 3 is 2.94 bits per heavy atom. The Bertz CT molecular complexity index is 368. The molecule has 1 aliphatic carbocycles. The summed E-state index contributed by atoms with van der Waals surface area (Å²) in [5.74, 6) is -0.894. The van der Waals surface area contributed by atoms with E-state index in [-0.39, 0.29) is 5.76 Å². The molecule has 0 aromatic carbocycles. The second-order valence-electron chi connectivity index (χ2n) is 4.28. The van der Waals surface area contributed by atoms with E-state index < -0.39 is 5.97 Å². The lowest BCUT2D eigenvalue weighted by Gasteiger charge is -2.20. The van der Waals surface area contributed by atoms with Crippen LogP contribution in [0.15, 0.2) is 16.7 Å². The molecule has 0 atom stereocenters. The molecule has 1 N–H and O–H groups in total.